The predicted molar refractivity (Wildman–Crippen MR) is 74.0 cm³/mol. The minimum Gasteiger partial charge on any atom is -0.388 e. The van der Waals surface area contributed by atoms with Crippen molar-refractivity contribution in [3.05, 3.63) is 0 Å². The van der Waals surface area contributed by atoms with Crippen LogP contribution in [-0.4, -0.2) is 87.4 Å². The molecule has 4 N–H and O–H groups in total. The number of hydrogen-bond donors (Lipinski definition) is 4. The van der Waals surface area contributed by atoms with Crippen molar-refractivity contribution >= 4 is 35.6 Å². The van der Waals surface area contributed by atoms with Crippen LogP contribution in [0.25, 0.3) is 0 Å². The molecule has 1 unspecified atom stereocenters. The maximum absolute atomic E-state index is 9.77. The highest BCUT2D eigenvalue weighted by Crippen LogP contribution is 2.20. The van der Waals surface area contributed by atoms with Crippen molar-refractivity contribution in [3.63, 3.8) is 0 Å². The first kappa shape index (κ1) is 19.6. The summed E-state index contributed by atoms with van der Waals surface area (Å²) in [5.74, 6) is 0.793. The van der Waals surface area contributed by atoms with E-state index in [-0.39, 0.29) is 19.0 Å². The van der Waals surface area contributed by atoms with Gasteiger partial charge in [-0.15, -0.1) is 35.6 Å². The molecule has 19 heavy (non-hydrogen) atoms. The number of aliphatic hydroxyl groups excluding tert-OH is 4. The third kappa shape index (κ3) is 5.49. The highest BCUT2D eigenvalue weighted by Gasteiger charge is 2.43. The van der Waals surface area contributed by atoms with E-state index in [4.69, 9.17) is 27.9 Å². The van der Waals surface area contributed by atoms with E-state index in [1.807, 2.05) is 4.90 Å². The third-order valence-corrected chi connectivity index (χ3v) is 3.26. The van der Waals surface area contributed by atoms with Crippen LogP contribution in [0.3, 0.4) is 0 Å². The Hall–Kier alpha value is 0.630. The van der Waals surface area contributed by atoms with Crippen LogP contribution >= 0.6 is 35.6 Å². The first-order chi connectivity index (χ1) is 8.51. The van der Waals surface area contributed by atoms with Crippen LogP contribution in [0.5, 0.6) is 0 Å². The monoisotopic (exact) mass is 339 g/mol. The summed E-state index contributed by atoms with van der Waals surface area (Å²) in [7, 11) is 0. The highest BCUT2D eigenvalue weighted by molar-refractivity contribution is 6.18. The molecule has 1 aliphatic rings. The van der Waals surface area contributed by atoms with E-state index in [0.29, 0.717) is 24.8 Å². The van der Waals surface area contributed by atoms with Crippen molar-refractivity contribution in [1.29, 1.82) is 0 Å². The Morgan fingerprint density at radius 1 is 0.895 bits per heavy atom. The van der Waals surface area contributed by atoms with Crippen molar-refractivity contribution in [2.45, 2.75) is 30.7 Å². The molecule has 0 aromatic carbocycles. The number of halogens is 3. The fourth-order valence-electron chi connectivity index (χ4n) is 1.87. The summed E-state index contributed by atoms with van der Waals surface area (Å²) in [6, 6.07) is 0. The molecule has 0 aromatic heterocycles. The van der Waals surface area contributed by atoms with Gasteiger partial charge in [0.15, 0.2) is 6.29 Å². The number of aliphatic hydroxyl groups is 4. The first-order valence-electron chi connectivity index (χ1n) is 5.73. The molecule has 1 fully saturated rings. The summed E-state index contributed by atoms with van der Waals surface area (Å²) in [5, 5.41) is 38.1. The van der Waals surface area contributed by atoms with E-state index in [1.54, 1.807) is 0 Å². The Kier molecular flexibility index (Phi) is 9.86. The lowest BCUT2D eigenvalue weighted by Crippen LogP contribution is -2.60. The first-order valence-corrected chi connectivity index (χ1v) is 6.80. The van der Waals surface area contributed by atoms with Gasteiger partial charge in [0.1, 0.15) is 24.4 Å². The van der Waals surface area contributed by atoms with Gasteiger partial charge in [-0.1, -0.05) is 0 Å². The van der Waals surface area contributed by atoms with Crippen LogP contribution in [0.2, 0.25) is 0 Å². The van der Waals surface area contributed by atoms with Crippen LogP contribution in [0, 0.1) is 0 Å². The Morgan fingerprint density at radius 2 is 1.42 bits per heavy atom. The van der Waals surface area contributed by atoms with Gasteiger partial charge in [-0.25, -0.2) is 0 Å². The van der Waals surface area contributed by atoms with Gasteiger partial charge in [0.2, 0.25) is 0 Å². The fourth-order valence-corrected chi connectivity index (χ4v) is 2.35. The topological polar surface area (TPSA) is 93.4 Å². The Labute approximate surface area is 128 Å². The SMILES string of the molecule is Cl.OC1O[C@H](CN(CCCl)CCCl)[C@H](O)[C@H](O)[C@H]1O. The van der Waals surface area contributed by atoms with Gasteiger partial charge in [-0.3, -0.25) is 4.90 Å². The minimum atomic E-state index is -1.51. The molecular formula is C10H20Cl3NO5. The smallest absolute Gasteiger partial charge is 0.184 e. The zero-order valence-corrected chi connectivity index (χ0v) is 12.6. The van der Waals surface area contributed by atoms with Crippen LogP contribution in [-0.2, 0) is 4.74 Å². The van der Waals surface area contributed by atoms with E-state index in [0.717, 1.165) is 0 Å². The molecule has 9 heteroatoms. The van der Waals surface area contributed by atoms with Crippen molar-refractivity contribution in [2.24, 2.45) is 0 Å². The van der Waals surface area contributed by atoms with Gasteiger partial charge in [0.25, 0.3) is 0 Å². The molecule has 0 bridgehead atoms. The molecule has 1 aliphatic heterocycles. The number of rotatable bonds is 6. The molecule has 0 aromatic rings. The number of alkyl halides is 2. The maximum atomic E-state index is 9.77. The van der Waals surface area contributed by atoms with E-state index in [1.165, 1.54) is 0 Å². The lowest BCUT2D eigenvalue weighted by Gasteiger charge is -2.40. The molecule has 0 spiro atoms. The van der Waals surface area contributed by atoms with Crippen molar-refractivity contribution in [3.8, 4) is 0 Å². The van der Waals surface area contributed by atoms with Gasteiger partial charge in [0.05, 0.1) is 0 Å². The molecule has 0 radical (unpaired) electrons. The largest absolute Gasteiger partial charge is 0.388 e. The summed E-state index contributed by atoms with van der Waals surface area (Å²) in [4.78, 5) is 1.85. The molecule has 0 aliphatic carbocycles. The van der Waals surface area contributed by atoms with Gasteiger partial charge < -0.3 is 25.2 Å². The zero-order valence-electron chi connectivity index (χ0n) is 10.2. The second kappa shape index (κ2) is 9.55. The van der Waals surface area contributed by atoms with Crippen LogP contribution in [0.15, 0.2) is 0 Å². The molecule has 1 rings (SSSR count). The van der Waals surface area contributed by atoms with E-state index in [9.17, 15) is 20.4 Å². The summed E-state index contributed by atoms with van der Waals surface area (Å²) in [6.45, 7) is 1.37. The molecule has 1 heterocycles. The van der Waals surface area contributed by atoms with Gasteiger partial charge in [-0.2, -0.15) is 0 Å². The van der Waals surface area contributed by atoms with Gasteiger partial charge in [0, 0.05) is 31.4 Å². The standard InChI is InChI=1S/C10H19Cl2NO5.ClH/c11-1-3-13(4-2-12)5-6-7(14)8(15)9(16)10(17)18-6;/h6-10,14-17H,1-5H2;1H/t6-,7+,8+,9-,10?;/m1./s1. The molecule has 0 amide bonds. The normalized spacial score (nSPS) is 35.2. The number of hydrogen-bond acceptors (Lipinski definition) is 6. The summed E-state index contributed by atoms with van der Waals surface area (Å²) in [6.07, 6.45) is -6.53. The molecule has 0 saturated carbocycles. The highest BCUT2D eigenvalue weighted by atomic mass is 35.5. The maximum Gasteiger partial charge on any atom is 0.184 e. The van der Waals surface area contributed by atoms with Crippen molar-refractivity contribution < 1.29 is 25.2 Å². The quantitative estimate of drug-likeness (QED) is 0.463. The van der Waals surface area contributed by atoms with Crippen LogP contribution in [0.4, 0.5) is 0 Å². The number of nitrogens with zero attached hydrogens (tertiary/aromatic N) is 1. The Bertz CT molecular complexity index is 245. The predicted octanol–water partition coefficient (Wildman–Crippen LogP) is -1.01. The lowest BCUT2D eigenvalue weighted by atomic mass is 9.98. The van der Waals surface area contributed by atoms with Crippen molar-refractivity contribution in [1.82, 2.24) is 4.90 Å². The lowest BCUT2D eigenvalue weighted by molar-refractivity contribution is -0.283. The second-order valence-electron chi connectivity index (χ2n) is 4.22. The van der Waals surface area contributed by atoms with E-state index >= 15 is 0 Å². The van der Waals surface area contributed by atoms with E-state index in [2.05, 4.69) is 0 Å². The average molecular weight is 341 g/mol. The van der Waals surface area contributed by atoms with Crippen LogP contribution < -0.4 is 0 Å². The summed E-state index contributed by atoms with van der Waals surface area (Å²) >= 11 is 11.3. The number of ether oxygens (including phenoxy) is 1. The molecule has 1 saturated heterocycles. The fraction of sp³-hybridized carbons (Fsp3) is 1.00. The second-order valence-corrected chi connectivity index (χ2v) is 4.97. The molecular weight excluding hydrogens is 320 g/mol. The third-order valence-electron chi connectivity index (χ3n) is 2.93. The van der Waals surface area contributed by atoms with Gasteiger partial charge in [-0.05, 0) is 0 Å². The Balaban J connectivity index is 0.00000324. The molecule has 116 valence electrons. The molecule has 6 nitrogen and oxygen atoms in total. The average Bonchev–Trinajstić information content (AvgIpc) is 2.34. The Morgan fingerprint density at radius 3 is 1.89 bits per heavy atom. The minimum absolute atomic E-state index is 0. The zero-order chi connectivity index (χ0) is 13.7. The summed E-state index contributed by atoms with van der Waals surface area (Å²) < 4.78 is 5.07. The van der Waals surface area contributed by atoms with Crippen LogP contribution in [0.1, 0.15) is 0 Å². The summed E-state index contributed by atoms with van der Waals surface area (Å²) in [5.41, 5.74) is 0. The molecule has 5 atom stereocenters. The van der Waals surface area contributed by atoms with E-state index < -0.39 is 30.7 Å². The van der Waals surface area contributed by atoms with Gasteiger partial charge >= 0.3 is 0 Å². The van der Waals surface area contributed by atoms with Crippen molar-refractivity contribution in [2.75, 3.05) is 31.4 Å².